The van der Waals surface area contributed by atoms with Crippen molar-refractivity contribution in [2.45, 2.75) is 25.9 Å². The van der Waals surface area contributed by atoms with Crippen molar-refractivity contribution in [3.05, 3.63) is 77.0 Å². The number of nitrogens with zero attached hydrogens (tertiary/aromatic N) is 6. The summed E-state index contributed by atoms with van der Waals surface area (Å²) in [5, 5.41) is 20.9. The first kappa shape index (κ1) is 23.2. The largest absolute Gasteiger partial charge is 0.394 e. The van der Waals surface area contributed by atoms with Gasteiger partial charge in [-0.2, -0.15) is 9.97 Å². The van der Waals surface area contributed by atoms with Crippen molar-refractivity contribution < 1.29 is 9.63 Å². The second kappa shape index (κ2) is 9.62. The maximum absolute atomic E-state index is 12.6. The van der Waals surface area contributed by atoms with E-state index in [2.05, 4.69) is 30.7 Å². The Morgan fingerprint density at radius 2 is 1.92 bits per heavy atom. The minimum absolute atomic E-state index is 0.0483. The van der Waals surface area contributed by atoms with E-state index in [1.807, 2.05) is 61.0 Å². The summed E-state index contributed by atoms with van der Waals surface area (Å²) < 4.78 is 8.80. The second-order valence-electron chi connectivity index (χ2n) is 8.62. The number of aliphatic hydroxyl groups excluding tert-OH is 1. The lowest BCUT2D eigenvalue weighted by Crippen LogP contribution is -2.20. The Labute approximate surface area is 206 Å². The number of rotatable bonds is 8. The molecule has 0 radical (unpaired) electrons. The van der Waals surface area contributed by atoms with Crippen LogP contribution in [0.15, 0.2) is 70.4 Å². The Kier molecular flexibility index (Phi) is 6.21. The highest BCUT2D eigenvalue weighted by Gasteiger charge is 2.19. The van der Waals surface area contributed by atoms with Gasteiger partial charge in [0.25, 0.3) is 11.4 Å². The third-order valence-corrected chi connectivity index (χ3v) is 5.91. The van der Waals surface area contributed by atoms with Crippen LogP contribution in [0.1, 0.15) is 31.5 Å². The second-order valence-corrected chi connectivity index (χ2v) is 8.62. The topological polar surface area (TPSA) is 136 Å². The summed E-state index contributed by atoms with van der Waals surface area (Å²) in [6.07, 6.45) is 2.88. The summed E-state index contributed by atoms with van der Waals surface area (Å²) in [7, 11) is 1.76. The lowest BCUT2D eigenvalue weighted by molar-refractivity contribution is 0.276. The molecule has 5 rings (SSSR count). The molecule has 36 heavy (non-hydrogen) atoms. The SMILES string of the molecule is CC(C)n1c2cc(Nc3ncc(-c4ncno4)c(N[C@H](CO)c4ccccc4)n3)ccc2c(=O)n1C. The molecule has 0 aliphatic carbocycles. The Hall–Kier alpha value is -4.51. The molecule has 0 bridgehead atoms. The number of aromatic nitrogens is 6. The standard InChI is InChI=1S/C25H26N8O3/c1-15(2)33-21-11-17(9-10-18(21)24(35)32(33)3)29-25-26-12-19(23-27-14-28-36-23)22(31-25)30-20(13-34)16-7-5-4-6-8-16/h4-12,14-15,20,34H,13H2,1-3H3,(H2,26,29,30,31)/t20-/m1/s1. The van der Waals surface area contributed by atoms with Crippen LogP contribution in [0.25, 0.3) is 22.4 Å². The van der Waals surface area contributed by atoms with Crippen LogP contribution in [0.2, 0.25) is 0 Å². The molecule has 0 saturated heterocycles. The number of nitrogens with one attached hydrogen (secondary N) is 2. The molecule has 1 atom stereocenters. The van der Waals surface area contributed by atoms with Crippen LogP contribution in [0.4, 0.5) is 17.5 Å². The number of aliphatic hydroxyl groups is 1. The summed E-state index contributed by atoms with van der Waals surface area (Å²) in [6, 6.07) is 14.8. The predicted molar refractivity (Wildman–Crippen MR) is 136 cm³/mol. The van der Waals surface area contributed by atoms with Gasteiger partial charge in [0.1, 0.15) is 11.4 Å². The van der Waals surface area contributed by atoms with E-state index >= 15 is 0 Å². The number of anilines is 3. The van der Waals surface area contributed by atoms with Crippen molar-refractivity contribution >= 4 is 28.4 Å². The molecule has 0 fully saturated rings. The van der Waals surface area contributed by atoms with Gasteiger partial charge in [-0.25, -0.2) is 4.98 Å². The lowest BCUT2D eigenvalue weighted by Gasteiger charge is -2.19. The highest BCUT2D eigenvalue weighted by Crippen LogP contribution is 2.29. The molecule has 184 valence electrons. The van der Waals surface area contributed by atoms with E-state index in [0.717, 1.165) is 16.8 Å². The van der Waals surface area contributed by atoms with Gasteiger partial charge in [-0.1, -0.05) is 35.5 Å². The molecule has 0 aliphatic heterocycles. The average Bonchev–Trinajstić information content (AvgIpc) is 3.50. The van der Waals surface area contributed by atoms with Gasteiger partial charge < -0.3 is 20.3 Å². The first-order valence-electron chi connectivity index (χ1n) is 11.5. The van der Waals surface area contributed by atoms with Crippen molar-refractivity contribution in [3.63, 3.8) is 0 Å². The third kappa shape index (κ3) is 4.31. The van der Waals surface area contributed by atoms with E-state index in [0.29, 0.717) is 22.7 Å². The first-order chi connectivity index (χ1) is 17.5. The molecule has 3 N–H and O–H groups in total. The molecule has 11 heteroatoms. The van der Waals surface area contributed by atoms with Crippen LogP contribution in [-0.4, -0.2) is 41.2 Å². The van der Waals surface area contributed by atoms with Gasteiger partial charge in [0.15, 0.2) is 6.33 Å². The summed E-state index contributed by atoms with van der Waals surface area (Å²) >= 11 is 0. The van der Waals surface area contributed by atoms with Gasteiger partial charge in [0.05, 0.1) is 23.6 Å². The van der Waals surface area contributed by atoms with Crippen molar-refractivity contribution in [2.24, 2.45) is 7.05 Å². The zero-order valence-corrected chi connectivity index (χ0v) is 20.1. The summed E-state index contributed by atoms with van der Waals surface area (Å²) in [5.41, 5.74) is 2.88. The molecule has 0 saturated carbocycles. The van der Waals surface area contributed by atoms with Crippen LogP contribution in [-0.2, 0) is 7.05 Å². The first-order valence-corrected chi connectivity index (χ1v) is 11.5. The third-order valence-electron chi connectivity index (χ3n) is 5.91. The number of hydrogen-bond donors (Lipinski definition) is 3. The van der Waals surface area contributed by atoms with Crippen molar-refractivity contribution in [1.29, 1.82) is 0 Å². The van der Waals surface area contributed by atoms with Gasteiger partial charge in [0, 0.05) is 25.0 Å². The van der Waals surface area contributed by atoms with Crippen LogP contribution >= 0.6 is 0 Å². The fourth-order valence-corrected chi connectivity index (χ4v) is 4.25. The zero-order chi connectivity index (χ0) is 25.2. The normalized spacial score (nSPS) is 12.2. The van der Waals surface area contributed by atoms with Gasteiger partial charge in [-0.3, -0.25) is 14.2 Å². The van der Waals surface area contributed by atoms with E-state index in [9.17, 15) is 9.90 Å². The fourth-order valence-electron chi connectivity index (χ4n) is 4.25. The predicted octanol–water partition coefficient (Wildman–Crippen LogP) is 3.65. The molecule has 0 spiro atoms. The van der Waals surface area contributed by atoms with Crippen LogP contribution in [0.3, 0.4) is 0 Å². The van der Waals surface area contributed by atoms with Gasteiger partial charge in [-0.05, 0) is 37.6 Å². The van der Waals surface area contributed by atoms with Crippen LogP contribution in [0, 0.1) is 0 Å². The summed E-state index contributed by atoms with van der Waals surface area (Å²) in [4.78, 5) is 25.8. The average molecular weight is 487 g/mol. The van der Waals surface area contributed by atoms with Crippen molar-refractivity contribution in [2.75, 3.05) is 17.2 Å². The maximum Gasteiger partial charge on any atom is 0.274 e. The summed E-state index contributed by atoms with van der Waals surface area (Å²) in [5.74, 6) is 0.985. The Morgan fingerprint density at radius 3 is 2.61 bits per heavy atom. The van der Waals surface area contributed by atoms with E-state index in [-0.39, 0.29) is 24.1 Å². The number of fused-ring (bicyclic) bond motifs is 1. The number of benzene rings is 2. The lowest BCUT2D eigenvalue weighted by atomic mass is 10.1. The van der Waals surface area contributed by atoms with Crippen molar-refractivity contribution in [1.82, 2.24) is 29.5 Å². The highest BCUT2D eigenvalue weighted by molar-refractivity contribution is 5.83. The molecule has 11 nitrogen and oxygen atoms in total. The van der Waals surface area contributed by atoms with Crippen LogP contribution < -0.4 is 16.2 Å². The Morgan fingerprint density at radius 1 is 1.11 bits per heavy atom. The molecule has 2 aromatic carbocycles. The minimum Gasteiger partial charge on any atom is -0.394 e. The number of hydrogen-bond acceptors (Lipinski definition) is 9. The smallest absolute Gasteiger partial charge is 0.274 e. The summed E-state index contributed by atoms with van der Waals surface area (Å²) in [6.45, 7) is 3.90. The molecular formula is C25H26N8O3. The van der Waals surface area contributed by atoms with Crippen molar-refractivity contribution in [3.8, 4) is 11.5 Å². The fraction of sp³-hybridized carbons (Fsp3) is 0.240. The van der Waals surface area contributed by atoms with E-state index in [1.54, 1.807) is 24.0 Å². The van der Waals surface area contributed by atoms with Gasteiger partial charge in [-0.15, -0.1) is 0 Å². The highest BCUT2D eigenvalue weighted by atomic mass is 16.5. The van der Waals surface area contributed by atoms with Crippen LogP contribution in [0.5, 0.6) is 0 Å². The minimum atomic E-state index is -0.420. The van der Waals surface area contributed by atoms with E-state index in [4.69, 9.17) is 4.52 Å². The molecule has 5 aromatic rings. The zero-order valence-electron chi connectivity index (χ0n) is 20.1. The Bertz CT molecular complexity index is 1540. The molecule has 0 unspecified atom stereocenters. The van der Waals surface area contributed by atoms with E-state index < -0.39 is 6.04 Å². The van der Waals surface area contributed by atoms with Gasteiger partial charge >= 0.3 is 0 Å². The molecule has 0 aliphatic rings. The molecule has 0 amide bonds. The molecular weight excluding hydrogens is 460 g/mol. The quantitative estimate of drug-likeness (QED) is 0.300. The van der Waals surface area contributed by atoms with Gasteiger partial charge in [0.2, 0.25) is 5.95 Å². The molecule has 3 heterocycles. The monoisotopic (exact) mass is 486 g/mol. The molecule has 3 aromatic heterocycles. The van der Waals surface area contributed by atoms with E-state index in [1.165, 1.54) is 6.33 Å². The maximum atomic E-state index is 12.6. The Balaban J connectivity index is 1.52.